The van der Waals surface area contributed by atoms with Gasteiger partial charge in [0.2, 0.25) is 0 Å². The Kier molecular flexibility index (Phi) is 5.82. The fourth-order valence-electron chi connectivity index (χ4n) is 6.02. The Balaban J connectivity index is 1.19. The van der Waals surface area contributed by atoms with Crippen LogP contribution in [0.15, 0.2) is 162 Å². The lowest BCUT2D eigenvalue weighted by molar-refractivity contribution is 0.670. The molecule has 1 heterocycles. The zero-order valence-corrected chi connectivity index (χ0v) is 22.9. The minimum atomic E-state index is 0.911. The van der Waals surface area contributed by atoms with E-state index < -0.39 is 0 Å². The molecule has 1 aromatic heterocycles. The van der Waals surface area contributed by atoms with E-state index in [9.17, 15) is 0 Å². The second kappa shape index (κ2) is 10.1. The van der Waals surface area contributed by atoms with Gasteiger partial charge in [0.25, 0.3) is 0 Å². The molecule has 0 aliphatic heterocycles. The average Bonchev–Trinajstić information content (AvgIpc) is 3.45. The fraction of sp³-hybridized carbons (Fsp3) is 0. The lowest BCUT2D eigenvalue weighted by Crippen LogP contribution is -1.92. The monoisotopic (exact) mass is 537 g/mol. The van der Waals surface area contributed by atoms with Gasteiger partial charge in [-0.25, -0.2) is 0 Å². The lowest BCUT2D eigenvalue weighted by Gasteiger charge is -2.15. The number of nitrogens with one attached hydrogen (secondary N) is 1. The summed E-state index contributed by atoms with van der Waals surface area (Å²) in [6, 6.07) is 55.6. The summed E-state index contributed by atoms with van der Waals surface area (Å²) in [5.41, 5.74) is 11.0. The summed E-state index contributed by atoms with van der Waals surface area (Å²) in [4.78, 5) is 0. The molecule has 7 aromatic carbocycles. The number of benzene rings is 7. The van der Waals surface area contributed by atoms with Crippen molar-refractivity contribution in [1.29, 1.82) is 0 Å². The van der Waals surface area contributed by atoms with Gasteiger partial charge in [0.15, 0.2) is 0 Å². The quantitative estimate of drug-likeness (QED) is 0.236. The van der Waals surface area contributed by atoms with Crippen LogP contribution < -0.4 is 5.32 Å². The van der Waals surface area contributed by atoms with Crippen molar-refractivity contribution in [3.8, 4) is 33.4 Å². The zero-order valence-electron chi connectivity index (χ0n) is 22.9. The molecule has 198 valence electrons. The molecular weight excluding hydrogens is 510 g/mol. The summed E-state index contributed by atoms with van der Waals surface area (Å²) < 4.78 is 6.49. The third-order valence-corrected chi connectivity index (χ3v) is 8.08. The molecule has 0 saturated carbocycles. The van der Waals surface area contributed by atoms with E-state index in [1.165, 1.54) is 33.0 Å². The van der Waals surface area contributed by atoms with Crippen molar-refractivity contribution < 1.29 is 4.42 Å². The van der Waals surface area contributed by atoms with Crippen molar-refractivity contribution in [3.63, 3.8) is 0 Å². The van der Waals surface area contributed by atoms with Crippen LogP contribution in [0.5, 0.6) is 0 Å². The third-order valence-electron chi connectivity index (χ3n) is 8.08. The van der Waals surface area contributed by atoms with Crippen molar-refractivity contribution in [2.45, 2.75) is 0 Å². The summed E-state index contributed by atoms with van der Waals surface area (Å²) in [6.07, 6.45) is 0. The van der Waals surface area contributed by atoms with Gasteiger partial charge in [-0.1, -0.05) is 127 Å². The Labute approximate surface area is 244 Å². The molecule has 0 unspecified atom stereocenters. The van der Waals surface area contributed by atoms with Gasteiger partial charge in [0.1, 0.15) is 11.2 Å². The first kappa shape index (κ1) is 24.2. The Morgan fingerprint density at radius 1 is 0.381 bits per heavy atom. The smallest absolute Gasteiger partial charge is 0.143 e. The molecule has 1 N–H and O–H groups in total. The van der Waals surface area contributed by atoms with Gasteiger partial charge in [-0.05, 0) is 63.4 Å². The van der Waals surface area contributed by atoms with Crippen LogP contribution in [-0.2, 0) is 0 Å². The van der Waals surface area contributed by atoms with Crippen molar-refractivity contribution in [1.82, 2.24) is 0 Å². The molecule has 0 fully saturated rings. The molecule has 0 amide bonds. The van der Waals surface area contributed by atoms with E-state index in [0.29, 0.717) is 0 Å². The van der Waals surface area contributed by atoms with Gasteiger partial charge in [-0.2, -0.15) is 0 Å². The maximum Gasteiger partial charge on any atom is 0.143 e. The molecule has 0 spiro atoms. The molecule has 42 heavy (non-hydrogen) atoms. The third kappa shape index (κ3) is 4.22. The van der Waals surface area contributed by atoms with E-state index in [1.54, 1.807) is 0 Å². The van der Waals surface area contributed by atoms with Gasteiger partial charge < -0.3 is 9.73 Å². The molecule has 0 radical (unpaired) electrons. The highest BCUT2D eigenvalue weighted by Gasteiger charge is 2.18. The first-order valence-corrected chi connectivity index (χ1v) is 14.3. The zero-order chi connectivity index (χ0) is 27.9. The second-order valence-electron chi connectivity index (χ2n) is 10.6. The SMILES string of the molecule is c1ccc(-c2ccc(Nc3ccc(-c4ccc5ccccc5c4-c4cccc5c4oc4ccccc45)cc3)cc2)cc1. The van der Waals surface area contributed by atoms with Gasteiger partial charge in [-0.15, -0.1) is 0 Å². The van der Waals surface area contributed by atoms with E-state index in [1.807, 2.05) is 18.2 Å². The van der Waals surface area contributed by atoms with E-state index >= 15 is 0 Å². The van der Waals surface area contributed by atoms with Crippen molar-refractivity contribution in [2.24, 2.45) is 0 Å². The summed E-state index contributed by atoms with van der Waals surface area (Å²) in [5.74, 6) is 0. The van der Waals surface area contributed by atoms with Gasteiger partial charge in [0.05, 0.1) is 0 Å². The maximum absolute atomic E-state index is 6.49. The summed E-state index contributed by atoms with van der Waals surface area (Å²) in [5, 5.41) is 8.26. The van der Waals surface area contributed by atoms with E-state index in [0.717, 1.165) is 44.4 Å². The predicted octanol–water partition coefficient (Wildman–Crippen LogP) is 11.5. The van der Waals surface area contributed by atoms with Crippen molar-refractivity contribution in [2.75, 3.05) is 5.32 Å². The molecule has 2 heteroatoms. The fourth-order valence-corrected chi connectivity index (χ4v) is 6.02. The minimum Gasteiger partial charge on any atom is -0.455 e. The van der Waals surface area contributed by atoms with E-state index in [2.05, 4.69) is 145 Å². The number of hydrogen-bond acceptors (Lipinski definition) is 2. The summed E-state index contributed by atoms with van der Waals surface area (Å²) in [7, 11) is 0. The predicted molar refractivity (Wildman–Crippen MR) is 177 cm³/mol. The first-order valence-electron chi connectivity index (χ1n) is 14.3. The number of rotatable bonds is 5. The number of furan rings is 1. The van der Waals surface area contributed by atoms with Crippen LogP contribution in [0.1, 0.15) is 0 Å². The molecule has 2 nitrogen and oxygen atoms in total. The van der Waals surface area contributed by atoms with Crippen LogP contribution in [0.25, 0.3) is 66.1 Å². The van der Waals surface area contributed by atoms with Crippen LogP contribution >= 0.6 is 0 Å². The Morgan fingerprint density at radius 2 is 1.00 bits per heavy atom. The molecular formula is C40H27NO. The van der Waals surface area contributed by atoms with Crippen molar-refractivity contribution >= 4 is 44.1 Å². The van der Waals surface area contributed by atoms with Crippen LogP contribution in [-0.4, -0.2) is 0 Å². The molecule has 0 aliphatic carbocycles. The summed E-state index contributed by atoms with van der Waals surface area (Å²) >= 11 is 0. The van der Waals surface area contributed by atoms with Crippen LogP contribution in [0.3, 0.4) is 0 Å². The van der Waals surface area contributed by atoms with Gasteiger partial charge in [0, 0.05) is 33.3 Å². The largest absolute Gasteiger partial charge is 0.455 e. The minimum absolute atomic E-state index is 0.911. The van der Waals surface area contributed by atoms with Crippen molar-refractivity contribution in [3.05, 3.63) is 158 Å². The standard InChI is InChI=1S/C40H27NO/c1-2-9-27(10-3-1)28-17-22-31(23-18-28)41-32-24-19-30(20-25-32)34-26-21-29-11-4-5-12-33(29)39(34)37-15-8-14-36-35-13-6-7-16-38(35)42-40(36)37/h1-26,41H. The lowest BCUT2D eigenvalue weighted by atomic mass is 9.89. The van der Waals surface area contributed by atoms with Crippen LogP contribution in [0.4, 0.5) is 11.4 Å². The second-order valence-corrected chi connectivity index (χ2v) is 10.6. The van der Waals surface area contributed by atoms with E-state index in [-0.39, 0.29) is 0 Å². The average molecular weight is 538 g/mol. The topological polar surface area (TPSA) is 25.2 Å². The number of fused-ring (bicyclic) bond motifs is 4. The van der Waals surface area contributed by atoms with E-state index in [4.69, 9.17) is 4.42 Å². The molecule has 0 saturated heterocycles. The van der Waals surface area contributed by atoms with Gasteiger partial charge >= 0.3 is 0 Å². The Morgan fingerprint density at radius 3 is 1.79 bits per heavy atom. The Bertz CT molecular complexity index is 2190. The Hall–Kier alpha value is -5.60. The summed E-state index contributed by atoms with van der Waals surface area (Å²) in [6.45, 7) is 0. The number of hydrogen-bond donors (Lipinski definition) is 1. The highest BCUT2D eigenvalue weighted by molar-refractivity contribution is 6.14. The normalized spacial score (nSPS) is 11.3. The first-order chi connectivity index (χ1) is 20.8. The molecule has 0 aliphatic rings. The molecule has 8 aromatic rings. The van der Waals surface area contributed by atoms with Crippen LogP contribution in [0, 0.1) is 0 Å². The van der Waals surface area contributed by atoms with Crippen LogP contribution in [0.2, 0.25) is 0 Å². The highest BCUT2D eigenvalue weighted by Crippen LogP contribution is 2.43. The number of anilines is 2. The molecule has 8 rings (SSSR count). The number of para-hydroxylation sites is 2. The van der Waals surface area contributed by atoms with Gasteiger partial charge in [-0.3, -0.25) is 0 Å². The molecule has 0 bridgehead atoms. The maximum atomic E-state index is 6.49. The highest BCUT2D eigenvalue weighted by atomic mass is 16.3. The molecule has 0 atom stereocenters.